The Balaban J connectivity index is 2.26. The lowest BCUT2D eigenvalue weighted by atomic mass is 9.98. The van der Waals surface area contributed by atoms with Gasteiger partial charge in [-0.25, -0.2) is 0 Å². The maximum absolute atomic E-state index is 12.3. The lowest BCUT2D eigenvalue weighted by Crippen LogP contribution is -2.26. The van der Waals surface area contributed by atoms with E-state index in [-0.39, 0.29) is 35.8 Å². The topological polar surface area (TPSA) is 78.9 Å². The van der Waals surface area contributed by atoms with E-state index in [4.69, 9.17) is 14.2 Å². The number of fused-ring (bicyclic) bond motifs is 1. The van der Waals surface area contributed by atoms with Crippen LogP contribution < -0.4 is 4.74 Å². The molecule has 6 nitrogen and oxygen atoms in total. The minimum atomic E-state index is -0.771. The van der Waals surface area contributed by atoms with E-state index in [2.05, 4.69) is 6.58 Å². The SMILES string of the molecule is C=C(C=O)[C@H]1Oc2ccc([C@@H](C)OC(=O)CC(C)C)cc2[C@@H]1OC(=O)CC(C)C. The van der Waals surface area contributed by atoms with Crippen molar-refractivity contribution in [2.45, 2.75) is 65.8 Å². The average Bonchev–Trinajstić information content (AvgIpc) is 2.97. The van der Waals surface area contributed by atoms with Gasteiger partial charge in [-0.15, -0.1) is 0 Å². The number of hydrogen-bond acceptors (Lipinski definition) is 6. The second kappa shape index (κ2) is 9.72. The van der Waals surface area contributed by atoms with E-state index in [0.29, 0.717) is 24.0 Å². The Hall–Kier alpha value is -2.63. The van der Waals surface area contributed by atoms with E-state index in [9.17, 15) is 14.4 Å². The Labute approximate surface area is 172 Å². The molecule has 158 valence electrons. The number of carbonyl (C=O) groups is 3. The molecular formula is C23H30O6. The molecule has 0 N–H and O–H groups in total. The van der Waals surface area contributed by atoms with Gasteiger partial charge in [-0.05, 0) is 36.5 Å². The van der Waals surface area contributed by atoms with Crippen LogP contribution in [0.1, 0.15) is 70.8 Å². The Bertz CT molecular complexity index is 780. The van der Waals surface area contributed by atoms with Crippen molar-refractivity contribution in [3.05, 3.63) is 41.5 Å². The molecule has 29 heavy (non-hydrogen) atoms. The molecule has 1 heterocycles. The van der Waals surface area contributed by atoms with Gasteiger partial charge in [0.15, 0.2) is 12.2 Å². The standard InChI is InChI=1S/C23H30O6/c1-13(2)9-20(25)27-16(6)17-7-8-19-18(11-17)23(22(28-19)15(5)12-24)29-21(26)10-14(3)4/h7-8,11-14,16,22-23H,5,9-10H2,1-4,6H3/t16-,22-,23+/m1/s1. The van der Waals surface area contributed by atoms with Crippen molar-refractivity contribution in [1.29, 1.82) is 0 Å². The number of rotatable bonds is 9. The van der Waals surface area contributed by atoms with Crippen LogP contribution in [0.4, 0.5) is 0 Å². The molecule has 0 bridgehead atoms. The smallest absolute Gasteiger partial charge is 0.306 e. The fourth-order valence-electron chi connectivity index (χ4n) is 3.14. The van der Waals surface area contributed by atoms with Gasteiger partial charge in [0.25, 0.3) is 0 Å². The zero-order valence-electron chi connectivity index (χ0n) is 17.8. The van der Waals surface area contributed by atoms with E-state index in [1.165, 1.54) is 0 Å². The molecule has 6 heteroatoms. The van der Waals surface area contributed by atoms with Crippen LogP contribution in [-0.4, -0.2) is 24.3 Å². The molecule has 0 saturated heterocycles. The molecule has 0 radical (unpaired) electrons. The summed E-state index contributed by atoms with van der Waals surface area (Å²) >= 11 is 0. The molecule has 3 atom stereocenters. The first-order chi connectivity index (χ1) is 13.6. The highest BCUT2D eigenvalue weighted by Gasteiger charge is 2.39. The first-order valence-electron chi connectivity index (χ1n) is 9.95. The Kier molecular flexibility index (Phi) is 7.59. The van der Waals surface area contributed by atoms with E-state index in [1.807, 2.05) is 27.7 Å². The third-order valence-corrected chi connectivity index (χ3v) is 4.57. The van der Waals surface area contributed by atoms with Crippen molar-refractivity contribution in [3.8, 4) is 5.75 Å². The minimum absolute atomic E-state index is 0.142. The highest BCUT2D eigenvalue weighted by atomic mass is 16.6. The highest BCUT2D eigenvalue weighted by Crippen LogP contribution is 2.42. The predicted octanol–water partition coefficient (Wildman–Crippen LogP) is 4.48. The van der Waals surface area contributed by atoms with Crippen molar-refractivity contribution in [1.82, 2.24) is 0 Å². The largest absolute Gasteiger partial charge is 0.481 e. The maximum Gasteiger partial charge on any atom is 0.306 e. The number of carbonyl (C=O) groups excluding carboxylic acids is 3. The minimum Gasteiger partial charge on any atom is -0.481 e. The van der Waals surface area contributed by atoms with Gasteiger partial charge in [0.1, 0.15) is 18.1 Å². The molecule has 2 rings (SSSR count). The van der Waals surface area contributed by atoms with Crippen LogP contribution in [0.2, 0.25) is 0 Å². The van der Waals surface area contributed by atoms with Crippen molar-refractivity contribution in [2.24, 2.45) is 11.8 Å². The van der Waals surface area contributed by atoms with Gasteiger partial charge in [-0.2, -0.15) is 0 Å². The molecular weight excluding hydrogens is 372 g/mol. The van der Waals surface area contributed by atoms with Gasteiger partial charge in [0.2, 0.25) is 0 Å². The van der Waals surface area contributed by atoms with Gasteiger partial charge in [0, 0.05) is 24.0 Å². The van der Waals surface area contributed by atoms with Crippen molar-refractivity contribution in [2.75, 3.05) is 0 Å². The van der Waals surface area contributed by atoms with E-state index >= 15 is 0 Å². The van der Waals surface area contributed by atoms with Crippen molar-refractivity contribution in [3.63, 3.8) is 0 Å². The summed E-state index contributed by atoms with van der Waals surface area (Å²) in [6.45, 7) is 13.3. The second-order valence-corrected chi connectivity index (χ2v) is 8.27. The van der Waals surface area contributed by atoms with Gasteiger partial charge < -0.3 is 14.2 Å². The zero-order valence-corrected chi connectivity index (χ0v) is 17.8. The molecule has 0 fully saturated rings. The van der Waals surface area contributed by atoms with E-state index in [0.717, 1.165) is 5.56 Å². The quantitative estimate of drug-likeness (QED) is 0.344. The van der Waals surface area contributed by atoms with Crippen molar-refractivity contribution >= 4 is 18.2 Å². The summed E-state index contributed by atoms with van der Waals surface area (Å²) in [5.41, 5.74) is 1.59. The molecule has 0 unspecified atom stereocenters. The third-order valence-electron chi connectivity index (χ3n) is 4.57. The summed E-state index contributed by atoms with van der Waals surface area (Å²) in [7, 11) is 0. The molecule has 0 spiro atoms. The van der Waals surface area contributed by atoms with Crippen LogP contribution in [-0.2, 0) is 23.9 Å². The predicted molar refractivity (Wildman–Crippen MR) is 108 cm³/mol. The summed E-state index contributed by atoms with van der Waals surface area (Å²) in [5, 5.41) is 0. The summed E-state index contributed by atoms with van der Waals surface area (Å²) in [4.78, 5) is 35.5. The third kappa shape index (κ3) is 5.92. The zero-order chi connectivity index (χ0) is 21.7. The molecule has 0 saturated carbocycles. The van der Waals surface area contributed by atoms with Crippen LogP contribution >= 0.6 is 0 Å². The number of esters is 2. The average molecular weight is 402 g/mol. The van der Waals surface area contributed by atoms with Crippen LogP contribution in [0, 0.1) is 11.8 Å². The van der Waals surface area contributed by atoms with Crippen molar-refractivity contribution < 1.29 is 28.6 Å². The summed E-state index contributed by atoms with van der Waals surface area (Å²) in [6, 6.07) is 5.33. The number of ether oxygens (including phenoxy) is 3. The van der Waals surface area contributed by atoms with Crippen LogP contribution in [0.5, 0.6) is 5.75 Å². The van der Waals surface area contributed by atoms with E-state index < -0.39 is 18.3 Å². The number of aldehydes is 1. The maximum atomic E-state index is 12.3. The first kappa shape index (κ1) is 22.7. The van der Waals surface area contributed by atoms with Gasteiger partial charge in [-0.1, -0.05) is 40.3 Å². The molecule has 0 aromatic heterocycles. The van der Waals surface area contributed by atoms with Gasteiger partial charge in [0.05, 0.1) is 0 Å². The lowest BCUT2D eigenvalue weighted by Gasteiger charge is -2.20. The Morgan fingerprint density at radius 3 is 2.31 bits per heavy atom. The second-order valence-electron chi connectivity index (χ2n) is 8.27. The number of benzene rings is 1. The van der Waals surface area contributed by atoms with Gasteiger partial charge in [-0.3, -0.25) is 14.4 Å². The summed E-state index contributed by atoms with van der Waals surface area (Å²) in [5.74, 6) is 0.236. The Morgan fingerprint density at radius 1 is 1.10 bits per heavy atom. The Morgan fingerprint density at radius 2 is 1.72 bits per heavy atom. The van der Waals surface area contributed by atoms with Crippen LogP contribution in [0.25, 0.3) is 0 Å². The van der Waals surface area contributed by atoms with Gasteiger partial charge >= 0.3 is 11.9 Å². The number of hydrogen-bond donors (Lipinski definition) is 0. The lowest BCUT2D eigenvalue weighted by molar-refractivity contribution is -0.153. The van der Waals surface area contributed by atoms with E-state index in [1.54, 1.807) is 25.1 Å². The normalized spacial score (nSPS) is 18.7. The fourth-order valence-corrected chi connectivity index (χ4v) is 3.14. The fraction of sp³-hybridized carbons (Fsp3) is 0.522. The molecule has 0 aliphatic carbocycles. The first-order valence-corrected chi connectivity index (χ1v) is 9.95. The molecule has 1 aliphatic rings. The molecule has 0 amide bonds. The monoisotopic (exact) mass is 402 g/mol. The summed E-state index contributed by atoms with van der Waals surface area (Å²) < 4.78 is 17.0. The van der Waals surface area contributed by atoms with Crippen LogP contribution in [0.3, 0.4) is 0 Å². The summed E-state index contributed by atoms with van der Waals surface area (Å²) in [6.07, 6.45) is -0.798. The van der Waals surface area contributed by atoms with Crippen LogP contribution in [0.15, 0.2) is 30.4 Å². The highest BCUT2D eigenvalue weighted by molar-refractivity contribution is 5.76. The molecule has 1 aromatic carbocycles. The molecule has 1 aliphatic heterocycles. The molecule has 1 aromatic rings.